The molecule has 1 rings (SSSR count). The molecule has 0 bridgehead atoms. The number of nitrogens with two attached hydrogens (primary N) is 1. The highest BCUT2D eigenvalue weighted by atomic mass is 16.6. The fraction of sp³-hybridized carbons (Fsp3) is 0.417. The number of rotatable bonds is 3. The van der Waals surface area contributed by atoms with E-state index in [4.69, 9.17) is 10.5 Å². The summed E-state index contributed by atoms with van der Waals surface area (Å²) in [5.41, 5.74) is 8.33. The molecule has 0 atom stereocenters. The average Bonchev–Trinajstić information content (AvgIpc) is 2.27. The first-order valence-electron chi connectivity index (χ1n) is 5.28. The topological polar surface area (TPSA) is 64.3 Å². The first-order chi connectivity index (χ1) is 7.56. The average molecular weight is 222 g/mol. The second-order valence-electron chi connectivity index (χ2n) is 3.76. The largest absolute Gasteiger partial charge is 0.412 e. The Morgan fingerprint density at radius 3 is 2.56 bits per heavy atom. The van der Waals surface area contributed by atoms with Crippen LogP contribution in [-0.4, -0.2) is 19.2 Å². The molecule has 88 valence electrons. The number of amides is 1. The fourth-order valence-corrected chi connectivity index (χ4v) is 1.39. The van der Waals surface area contributed by atoms with Gasteiger partial charge in [0.15, 0.2) is 0 Å². The molecule has 1 amide bonds. The van der Waals surface area contributed by atoms with Crippen LogP contribution in [0.1, 0.15) is 16.7 Å². The Labute approximate surface area is 95.8 Å². The molecule has 0 aliphatic heterocycles. The van der Waals surface area contributed by atoms with Gasteiger partial charge in [-0.2, -0.15) is 0 Å². The van der Waals surface area contributed by atoms with Crippen LogP contribution in [0.3, 0.4) is 0 Å². The van der Waals surface area contributed by atoms with Crippen LogP contribution >= 0.6 is 0 Å². The lowest BCUT2D eigenvalue weighted by Crippen LogP contribution is -2.31. The predicted molar refractivity (Wildman–Crippen MR) is 63.7 cm³/mol. The van der Waals surface area contributed by atoms with E-state index in [-0.39, 0.29) is 0 Å². The van der Waals surface area contributed by atoms with Gasteiger partial charge in [-0.1, -0.05) is 12.1 Å². The number of nitrogens with one attached hydrogen (secondary N) is 1. The number of aryl methyl sites for hydroxylation is 2. The maximum atomic E-state index is 11.4. The van der Waals surface area contributed by atoms with Crippen molar-refractivity contribution in [3.63, 3.8) is 0 Å². The quantitative estimate of drug-likeness (QED) is 0.817. The highest BCUT2D eigenvalue weighted by Crippen LogP contribution is 2.25. The van der Waals surface area contributed by atoms with E-state index in [9.17, 15) is 4.79 Å². The van der Waals surface area contributed by atoms with Crippen LogP contribution in [0.2, 0.25) is 0 Å². The summed E-state index contributed by atoms with van der Waals surface area (Å²) in [5.74, 6) is 0.634. The first kappa shape index (κ1) is 12.5. The van der Waals surface area contributed by atoms with Crippen LogP contribution in [0.5, 0.6) is 5.75 Å². The Balaban J connectivity index is 2.80. The molecule has 0 saturated carbocycles. The van der Waals surface area contributed by atoms with Gasteiger partial charge in [0.2, 0.25) is 0 Å². The van der Waals surface area contributed by atoms with E-state index in [1.807, 2.05) is 32.9 Å². The van der Waals surface area contributed by atoms with Crippen molar-refractivity contribution in [2.45, 2.75) is 20.8 Å². The summed E-state index contributed by atoms with van der Waals surface area (Å²) >= 11 is 0. The summed E-state index contributed by atoms with van der Waals surface area (Å²) in [5, 5.41) is 2.57. The van der Waals surface area contributed by atoms with Gasteiger partial charge in [0.1, 0.15) is 5.75 Å². The van der Waals surface area contributed by atoms with Crippen molar-refractivity contribution in [3.8, 4) is 5.75 Å². The molecule has 0 aliphatic rings. The molecule has 16 heavy (non-hydrogen) atoms. The molecule has 0 fully saturated rings. The smallest absolute Gasteiger partial charge is 0.410 e. The zero-order valence-electron chi connectivity index (χ0n) is 9.96. The van der Waals surface area contributed by atoms with Gasteiger partial charge in [0.05, 0.1) is 0 Å². The molecule has 0 unspecified atom stereocenters. The molecule has 0 aromatic heterocycles. The van der Waals surface area contributed by atoms with E-state index in [0.717, 1.165) is 16.7 Å². The minimum atomic E-state index is -0.456. The van der Waals surface area contributed by atoms with Crippen molar-refractivity contribution in [3.05, 3.63) is 28.8 Å². The molecule has 0 radical (unpaired) electrons. The molecular formula is C12H18N2O2. The fourth-order valence-electron chi connectivity index (χ4n) is 1.39. The monoisotopic (exact) mass is 222 g/mol. The van der Waals surface area contributed by atoms with Crippen LogP contribution < -0.4 is 15.8 Å². The van der Waals surface area contributed by atoms with Gasteiger partial charge in [-0.15, -0.1) is 0 Å². The van der Waals surface area contributed by atoms with Gasteiger partial charge >= 0.3 is 6.09 Å². The van der Waals surface area contributed by atoms with Gasteiger partial charge in [0, 0.05) is 13.1 Å². The highest BCUT2D eigenvalue weighted by Gasteiger charge is 2.10. The number of benzene rings is 1. The minimum absolute atomic E-state index is 0.404. The molecule has 4 heteroatoms. The third-order valence-electron chi connectivity index (χ3n) is 2.48. The van der Waals surface area contributed by atoms with Crippen LogP contribution in [0.15, 0.2) is 12.1 Å². The Kier molecular flexibility index (Phi) is 4.31. The molecule has 1 aromatic rings. The van der Waals surface area contributed by atoms with Gasteiger partial charge < -0.3 is 15.8 Å². The molecular weight excluding hydrogens is 204 g/mol. The molecule has 1 aromatic carbocycles. The van der Waals surface area contributed by atoms with Crippen molar-refractivity contribution in [2.24, 2.45) is 5.73 Å². The summed E-state index contributed by atoms with van der Waals surface area (Å²) in [6.07, 6.45) is -0.456. The molecule has 0 aliphatic carbocycles. The molecule has 4 nitrogen and oxygen atoms in total. The second kappa shape index (κ2) is 5.51. The lowest BCUT2D eigenvalue weighted by atomic mass is 10.1. The normalized spacial score (nSPS) is 10.0. The zero-order valence-corrected chi connectivity index (χ0v) is 9.96. The summed E-state index contributed by atoms with van der Waals surface area (Å²) in [6, 6.07) is 3.95. The van der Waals surface area contributed by atoms with E-state index in [2.05, 4.69) is 5.32 Å². The van der Waals surface area contributed by atoms with Gasteiger partial charge in [0.25, 0.3) is 0 Å². The van der Waals surface area contributed by atoms with E-state index < -0.39 is 6.09 Å². The highest BCUT2D eigenvalue weighted by molar-refractivity contribution is 5.71. The van der Waals surface area contributed by atoms with Crippen molar-refractivity contribution >= 4 is 6.09 Å². The Morgan fingerprint density at radius 1 is 1.31 bits per heavy atom. The van der Waals surface area contributed by atoms with Crippen LogP contribution in [0, 0.1) is 20.8 Å². The number of carbonyl (C=O) groups is 1. The lowest BCUT2D eigenvalue weighted by Gasteiger charge is -2.12. The van der Waals surface area contributed by atoms with E-state index in [1.54, 1.807) is 0 Å². The van der Waals surface area contributed by atoms with E-state index in [0.29, 0.717) is 18.8 Å². The van der Waals surface area contributed by atoms with Crippen molar-refractivity contribution < 1.29 is 9.53 Å². The van der Waals surface area contributed by atoms with Crippen LogP contribution in [0.25, 0.3) is 0 Å². The van der Waals surface area contributed by atoms with Gasteiger partial charge in [-0.3, -0.25) is 0 Å². The van der Waals surface area contributed by atoms with Gasteiger partial charge in [-0.05, 0) is 37.5 Å². The molecule has 0 heterocycles. The molecule has 0 saturated heterocycles. The Bertz CT molecular complexity index is 389. The number of ether oxygens (including phenoxy) is 1. The predicted octanol–water partition coefficient (Wildman–Crippen LogP) is 1.66. The maximum absolute atomic E-state index is 11.4. The summed E-state index contributed by atoms with van der Waals surface area (Å²) in [7, 11) is 0. The minimum Gasteiger partial charge on any atom is -0.410 e. The van der Waals surface area contributed by atoms with E-state index in [1.165, 1.54) is 0 Å². The Hall–Kier alpha value is -1.55. The van der Waals surface area contributed by atoms with Crippen molar-refractivity contribution in [2.75, 3.05) is 13.1 Å². The third-order valence-corrected chi connectivity index (χ3v) is 2.48. The summed E-state index contributed by atoms with van der Waals surface area (Å²) in [6.45, 7) is 6.66. The first-order valence-corrected chi connectivity index (χ1v) is 5.28. The van der Waals surface area contributed by atoms with E-state index >= 15 is 0 Å². The van der Waals surface area contributed by atoms with Crippen molar-refractivity contribution in [1.82, 2.24) is 5.32 Å². The number of hydrogen-bond donors (Lipinski definition) is 2. The lowest BCUT2D eigenvalue weighted by molar-refractivity contribution is 0.200. The van der Waals surface area contributed by atoms with Crippen LogP contribution in [-0.2, 0) is 0 Å². The zero-order chi connectivity index (χ0) is 12.1. The SMILES string of the molecule is Cc1ccc(C)c(OC(=O)NCCN)c1C. The van der Waals surface area contributed by atoms with Crippen molar-refractivity contribution in [1.29, 1.82) is 0 Å². The number of hydrogen-bond acceptors (Lipinski definition) is 3. The summed E-state index contributed by atoms with van der Waals surface area (Å²) < 4.78 is 5.25. The molecule has 0 spiro atoms. The molecule has 3 N–H and O–H groups in total. The second-order valence-corrected chi connectivity index (χ2v) is 3.76. The maximum Gasteiger partial charge on any atom is 0.412 e. The number of carbonyl (C=O) groups excluding carboxylic acids is 1. The van der Waals surface area contributed by atoms with Gasteiger partial charge in [-0.25, -0.2) is 4.79 Å². The summed E-state index contributed by atoms with van der Waals surface area (Å²) in [4.78, 5) is 11.4. The third kappa shape index (κ3) is 2.97. The standard InChI is InChI=1S/C12H18N2O2/c1-8-4-5-9(2)11(10(8)3)16-12(15)14-7-6-13/h4-5H,6-7,13H2,1-3H3,(H,14,15). The Morgan fingerprint density at radius 2 is 1.94 bits per heavy atom. The van der Waals surface area contributed by atoms with Crippen LogP contribution in [0.4, 0.5) is 4.79 Å².